The van der Waals surface area contributed by atoms with Gasteiger partial charge in [-0.1, -0.05) is 47.6 Å². The molecule has 0 bridgehead atoms. The standard InChI is InChI=1S/C14H9N4O.Li/c1-3-7-12-10(5-1)16-17-18(12)9-14-15-11-6-2-4-8-13(11)19-14;/h1-9H;/q-1;+1. The number of fused-ring (bicyclic) bond motifs is 2. The molecule has 0 aliphatic carbocycles. The number of hydrogen-bond donors (Lipinski definition) is 0. The molecule has 4 rings (SSSR count). The Kier molecular flexibility index (Phi) is 3.23. The molecule has 0 saturated heterocycles. The average Bonchev–Trinajstić information content (AvgIpc) is 3.03. The van der Waals surface area contributed by atoms with Crippen molar-refractivity contribution in [2.45, 2.75) is 0 Å². The molecule has 0 unspecified atom stereocenters. The maximum Gasteiger partial charge on any atom is 1.00 e. The molecule has 4 aromatic rings. The zero-order chi connectivity index (χ0) is 12.7. The molecule has 0 radical (unpaired) electrons. The molecule has 0 aliphatic rings. The smallest absolute Gasteiger partial charge is 0.453 e. The molecule has 2 aromatic carbocycles. The molecular weight excluding hydrogens is 247 g/mol. The van der Waals surface area contributed by atoms with Crippen LogP contribution in [0.5, 0.6) is 0 Å². The van der Waals surface area contributed by atoms with Gasteiger partial charge >= 0.3 is 18.9 Å². The van der Waals surface area contributed by atoms with Crippen molar-refractivity contribution < 1.29 is 23.3 Å². The zero-order valence-electron chi connectivity index (χ0n) is 10.9. The first-order valence-electron chi connectivity index (χ1n) is 5.90. The Morgan fingerprint density at radius 3 is 2.55 bits per heavy atom. The number of nitrogens with zero attached hydrogens (tertiary/aromatic N) is 4. The van der Waals surface area contributed by atoms with Gasteiger partial charge in [-0.15, -0.1) is 6.07 Å². The van der Waals surface area contributed by atoms with E-state index < -0.39 is 0 Å². The molecule has 0 N–H and O–H groups in total. The number of hydrogen-bond acceptors (Lipinski definition) is 4. The van der Waals surface area contributed by atoms with Crippen LogP contribution in [-0.4, -0.2) is 20.0 Å². The molecule has 0 spiro atoms. The quantitative estimate of drug-likeness (QED) is 0.363. The molecule has 0 atom stereocenters. The van der Waals surface area contributed by atoms with E-state index in [2.05, 4.69) is 15.3 Å². The van der Waals surface area contributed by atoms with E-state index in [0.29, 0.717) is 5.89 Å². The fourth-order valence-electron chi connectivity index (χ4n) is 2.03. The maximum absolute atomic E-state index is 5.63. The molecule has 92 valence electrons. The van der Waals surface area contributed by atoms with Crippen LogP contribution in [0.4, 0.5) is 0 Å². The molecule has 2 heterocycles. The first-order valence-corrected chi connectivity index (χ1v) is 5.90. The van der Waals surface area contributed by atoms with Crippen LogP contribution in [0, 0.1) is 6.54 Å². The van der Waals surface area contributed by atoms with Crippen LogP contribution < -0.4 is 18.9 Å². The second-order valence-corrected chi connectivity index (χ2v) is 4.17. The molecule has 20 heavy (non-hydrogen) atoms. The van der Waals surface area contributed by atoms with Gasteiger partial charge < -0.3 is 9.10 Å². The van der Waals surface area contributed by atoms with Crippen molar-refractivity contribution in [1.29, 1.82) is 0 Å². The minimum Gasteiger partial charge on any atom is -0.453 e. The van der Waals surface area contributed by atoms with Crippen LogP contribution in [-0.2, 0) is 0 Å². The number of aromatic nitrogens is 4. The second kappa shape index (κ2) is 5.04. The Morgan fingerprint density at radius 2 is 1.70 bits per heavy atom. The Labute approximate surface area is 126 Å². The summed E-state index contributed by atoms with van der Waals surface area (Å²) in [5.41, 5.74) is 3.36. The van der Waals surface area contributed by atoms with Gasteiger partial charge in [0, 0.05) is 5.52 Å². The van der Waals surface area contributed by atoms with Crippen molar-refractivity contribution in [2.75, 3.05) is 0 Å². The average molecular weight is 256 g/mol. The van der Waals surface area contributed by atoms with E-state index in [1.165, 1.54) is 0 Å². The summed E-state index contributed by atoms with van der Waals surface area (Å²) in [5.74, 6) is 0.511. The largest absolute Gasteiger partial charge is 1.00 e. The Hall–Kier alpha value is -2.22. The summed E-state index contributed by atoms with van der Waals surface area (Å²) in [6.07, 6.45) is 0. The van der Waals surface area contributed by atoms with E-state index in [1.54, 1.807) is 11.2 Å². The van der Waals surface area contributed by atoms with E-state index >= 15 is 0 Å². The van der Waals surface area contributed by atoms with Gasteiger partial charge in [-0.3, -0.25) is 0 Å². The Balaban J connectivity index is 0.00000121. The third-order valence-electron chi connectivity index (χ3n) is 2.92. The van der Waals surface area contributed by atoms with Crippen molar-refractivity contribution >= 4 is 22.1 Å². The predicted molar refractivity (Wildman–Crippen MR) is 70.3 cm³/mol. The molecular formula is C14H9LiN4O. The van der Waals surface area contributed by atoms with Gasteiger partial charge in [-0.2, -0.15) is 5.10 Å². The second-order valence-electron chi connectivity index (χ2n) is 4.17. The van der Waals surface area contributed by atoms with Crippen LogP contribution in [0.2, 0.25) is 0 Å². The molecule has 2 aromatic heterocycles. The fourth-order valence-corrected chi connectivity index (χ4v) is 2.03. The van der Waals surface area contributed by atoms with E-state index in [9.17, 15) is 0 Å². The van der Waals surface area contributed by atoms with Crippen LogP contribution in [0.25, 0.3) is 22.1 Å². The van der Waals surface area contributed by atoms with Gasteiger partial charge in [-0.05, 0) is 12.1 Å². The zero-order valence-corrected chi connectivity index (χ0v) is 10.9. The summed E-state index contributed by atoms with van der Waals surface area (Å²) in [6.45, 7) is 1.73. The summed E-state index contributed by atoms with van der Waals surface area (Å²) in [4.78, 5) is 4.38. The summed E-state index contributed by atoms with van der Waals surface area (Å²) in [7, 11) is 0. The molecule has 0 fully saturated rings. The Morgan fingerprint density at radius 1 is 0.950 bits per heavy atom. The van der Waals surface area contributed by atoms with Crippen LogP contribution in [0.15, 0.2) is 52.9 Å². The minimum atomic E-state index is 0. The fraction of sp³-hybridized carbons (Fsp3) is 0. The van der Waals surface area contributed by atoms with E-state index in [4.69, 9.17) is 4.42 Å². The van der Waals surface area contributed by atoms with Crippen LogP contribution >= 0.6 is 0 Å². The third-order valence-corrected chi connectivity index (χ3v) is 2.92. The monoisotopic (exact) mass is 256 g/mol. The molecule has 0 amide bonds. The van der Waals surface area contributed by atoms with Crippen molar-refractivity contribution in [2.24, 2.45) is 0 Å². The van der Waals surface area contributed by atoms with Gasteiger partial charge in [0.2, 0.25) is 0 Å². The van der Waals surface area contributed by atoms with Crippen molar-refractivity contribution in [3.63, 3.8) is 0 Å². The summed E-state index contributed by atoms with van der Waals surface area (Å²) in [5, 5.41) is 8.15. The van der Waals surface area contributed by atoms with E-state index in [1.807, 2.05) is 48.5 Å². The van der Waals surface area contributed by atoms with Crippen molar-refractivity contribution in [1.82, 2.24) is 20.0 Å². The molecule has 0 aliphatic heterocycles. The van der Waals surface area contributed by atoms with Gasteiger partial charge in [0.05, 0.1) is 0 Å². The maximum atomic E-state index is 5.63. The number of benzene rings is 2. The first-order chi connectivity index (χ1) is 9.40. The number of oxazole rings is 1. The normalized spacial score (nSPS) is 10.6. The topological polar surface area (TPSA) is 56.7 Å². The molecule has 5 nitrogen and oxygen atoms in total. The third kappa shape index (κ3) is 2.07. The van der Waals surface area contributed by atoms with Gasteiger partial charge in [0.25, 0.3) is 0 Å². The Bertz CT molecular complexity index is 835. The van der Waals surface area contributed by atoms with Gasteiger partial charge in [0.1, 0.15) is 5.52 Å². The van der Waals surface area contributed by atoms with E-state index in [-0.39, 0.29) is 18.9 Å². The molecule has 6 heteroatoms. The van der Waals surface area contributed by atoms with Gasteiger partial charge in [0.15, 0.2) is 11.5 Å². The number of rotatable bonds is 2. The number of para-hydroxylation sites is 3. The van der Waals surface area contributed by atoms with Crippen LogP contribution in [0.3, 0.4) is 0 Å². The van der Waals surface area contributed by atoms with Crippen LogP contribution in [0.1, 0.15) is 5.89 Å². The SMILES string of the molecule is [Li+].c1ccc2oc([CH-]n3nnc4ccccc43)nc2c1. The minimum absolute atomic E-state index is 0. The summed E-state index contributed by atoms with van der Waals surface area (Å²) >= 11 is 0. The molecule has 0 saturated carbocycles. The summed E-state index contributed by atoms with van der Waals surface area (Å²) < 4.78 is 7.30. The first kappa shape index (κ1) is 12.8. The van der Waals surface area contributed by atoms with E-state index in [0.717, 1.165) is 22.1 Å². The predicted octanol–water partition coefficient (Wildman–Crippen LogP) is -0.365. The van der Waals surface area contributed by atoms with Crippen molar-refractivity contribution in [3.05, 3.63) is 61.0 Å². The van der Waals surface area contributed by atoms with Gasteiger partial charge in [-0.25, -0.2) is 4.98 Å². The summed E-state index contributed by atoms with van der Waals surface area (Å²) in [6, 6.07) is 15.4. The van der Waals surface area contributed by atoms with Crippen molar-refractivity contribution in [3.8, 4) is 0 Å².